The van der Waals surface area contributed by atoms with Crippen molar-refractivity contribution in [2.45, 2.75) is 33.4 Å². The fourth-order valence-corrected chi connectivity index (χ4v) is 3.55. The predicted molar refractivity (Wildman–Crippen MR) is 114 cm³/mol. The number of sulfonamides is 1. The molecule has 0 aliphatic carbocycles. The third-order valence-electron chi connectivity index (χ3n) is 4.45. The number of benzene rings is 2. The molecule has 0 saturated carbocycles. The van der Waals surface area contributed by atoms with E-state index in [9.17, 15) is 13.2 Å². The van der Waals surface area contributed by atoms with Crippen molar-refractivity contribution in [3.05, 3.63) is 65.2 Å². The SMILES string of the molecule is CCN(CC)Cc1cccc(CNC(=O)Cc2ccccc2NS(C)(=O)=O)c1. The van der Waals surface area contributed by atoms with E-state index in [1.165, 1.54) is 5.56 Å². The van der Waals surface area contributed by atoms with E-state index >= 15 is 0 Å². The summed E-state index contributed by atoms with van der Waals surface area (Å²) in [5.74, 6) is -0.156. The van der Waals surface area contributed by atoms with Gasteiger partial charge in [-0.2, -0.15) is 0 Å². The van der Waals surface area contributed by atoms with Crippen LogP contribution in [0.1, 0.15) is 30.5 Å². The molecule has 28 heavy (non-hydrogen) atoms. The van der Waals surface area contributed by atoms with Crippen LogP contribution in [-0.2, 0) is 34.3 Å². The van der Waals surface area contributed by atoms with E-state index in [1.807, 2.05) is 12.1 Å². The van der Waals surface area contributed by atoms with Crippen LogP contribution in [0.2, 0.25) is 0 Å². The van der Waals surface area contributed by atoms with Gasteiger partial charge in [0, 0.05) is 13.1 Å². The molecule has 7 heteroatoms. The lowest BCUT2D eigenvalue weighted by Gasteiger charge is -2.18. The highest BCUT2D eigenvalue weighted by Gasteiger charge is 2.11. The van der Waals surface area contributed by atoms with Gasteiger partial charge < -0.3 is 5.32 Å². The minimum atomic E-state index is -3.40. The Balaban J connectivity index is 1.96. The van der Waals surface area contributed by atoms with E-state index in [4.69, 9.17) is 0 Å². The number of nitrogens with zero attached hydrogens (tertiary/aromatic N) is 1. The summed E-state index contributed by atoms with van der Waals surface area (Å²) in [6.45, 7) is 7.61. The van der Waals surface area contributed by atoms with E-state index in [1.54, 1.807) is 24.3 Å². The zero-order chi connectivity index (χ0) is 20.6. The van der Waals surface area contributed by atoms with Gasteiger partial charge in [0.15, 0.2) is 0 Å². The Bertz CT molecular complexity index is 893. The van der Waals surface area contributed by atoms with Gasteiger partial charge >= 0.3 is 0 Å². The maximum Gasteiger partial charge on any atom is 0.229 e. The summed E-state index contributed by atoms with van der Waals surface area (Å²) in [5, 5.41) is 2.92. The van der Waals surface area contributed by atoms with Crippen molar-refractivity contribution in [2.75, 3.05) is 24.1 Å². The van der Waals surface area contributed by atoms with Crippen LogP contribution in [0.5, 0.6) is 0 Å². The molecule has 152 valence electrons. The molecule has 0 bridgehead atoms. The Morgan fingerprint density at radius 2 is 1.68 bits per heavy atom. The third-order valence-corrected chi connectivity index (χ3v) is 5.04. The smallest absolute Gasteiger partial charge is 0.229 e. The fourth-order valence-electron chi connectivity index (χ4n) is 2.95. The lowest BCUT2D eigenvalue weighted by molar-refractivity contribution is -0.120. The maximum absolute atomic E-state index is 12.4. The first-order valence-electron chi connectivity index (χ1n) is 9.43. The molecular formula is C21H29N3O3S. The molecule has 0 aromatic heterocycles. The van der Waals surface area contributed by atoms with Gasteiger partial charge in [0.1, 0.15) is 0 Å². The number of nitrogens with one attached hydrogen (secondary N) is 2. The summed E-state index contributed by atoms with van der Waals surface area (Å²) in [4.78, 5) is 14.7. The minimum Gasteiger partial charge on any atom is -0.352 e. The van der Waals surface area contributed by atoms with Crippen molar-refractivity contribution >= 4 is 21.6 Å². The molecule has 0 unspecified atom stereocenters. The fraction of sp³-hybridized carbons (Fsp3) is 0.381. The highest BCUT2D eigenvalue weighted by Crippen LogP contribution is 2.17. The zero-order valence-electron chi connectivity index (χ0n) is 16.7. The normalized spacial score (nSPS) is 11.4. The van der Waals surface area contributed by atoms with E-state index < -0.39 is 10.0 Å². The van der Waals surface area contributed by atoms with Gasteiger partial charge in [-0.15, -0.1) is 0 Å². The number of hydrogen-bond donors (Lipinski definition) is 2. The predicted octanol–water partition coefficient (Wildman–Crippen LogP) is 2.76. The Hall–Kier alpha value is -2.38. The van der Waals surface area contributed by atoms with Gasteiger partial charge in [-0.05, 0) is 35.8 Å². The molecule has 2 N–H and O–H groups in total. The van der Waals surface area contributed by atoms with Crippen molar-refractivity contribution in [2.24, 2.45) is 0 Å². The summed E-state index contributed by atoms with van der Waals surface area (Å²) < 4.78 is 25.4. The molecule has 2 aromatic carbocycles. The lowest BCUT2D eigenvalue weighted by Crippen LogP contribution is -2.25. The van der Waals surface area contributed by atoms with E-state index in [0.29, 0.717) is 17.8 Å². The Labute approximate surface area is 168 Å². The van der Waals surface area contributed by atoms with E-state index in [0.717, 1.165) is 31.5 Å². The highest BCUT2D eigenvalue weighted by atomic mass is 32.2. The first-order valence-corrected chi connectivity index (χ1v) is 11.3. The Morgan fingerprint density at radius 3 is 2.36 bits per heavy atom. The number of anilines is 1. The molecule has 0 aliphatic rings. The van der Waals surface area contributed by atoms with Crippen molar-refractivity contribution in [3.8, 4) is 0 Å². The molecule has 6 nitrogen and oxygen atoms in total. The molecule has 2 aromatic rings. The molecule has 1 amide bonds. The molecule has 0 fully saturated rings. The van der Waals surface area contributed by atoms with Gasteiger partial charge in [-0.3, -0.25) is 14.4 Å². The monoisotopic (exact) mass is 403 g/mol. The van der Waals surface area contributed by atoms with Gasteiger partial charge in [0.05, 0.1) is 18.4 Å². The number of rotatable bonds is 10. The summed E-state index contributed by atoms with van der Waals surface area (Å²) >= 11 is 0. The van der Waals surface area contributed by atoms with Crippen LogP contribution >= 0.6 is 0 Å². The van der Waals surface area contributed by atoms with E-state index in [2.05, 4.69) is 40.9 Å². The van der Waals surface area contributed by atoms with Gasteiger partial charge in [0.2, 0.25) is 15.9 Å². The number of amides is 1. The number of carbonyl (C=O) groups excluding carboxylic acids is 1. The van der Waals surface area contributed by atoms with Crippen LogP contribution < -0.4 is 10.0 Å². The third kappa shape index (κ3) is 7.32. The molecule has 0 aliphatic heterocycles. The average molecular weight is 404 g/mol. The second kappa shape index (κ2) is 10.2. The molecule has 0 atom stereocenters. The Kier molecular flexibility index (Phi) is 8.02. The van der Waals surface area contributed by atoms with Crippen molar-refractivity contribution in [1.82, 2.24) is 10.2 Å². The standard InChI is InChI=1S/C21H29N3O3S/c1-4-24(5-2)16-18-10-8-9-17(13-18)15-22-21(25)14-19-11-6-7-12-20(19)23-28(3,26)27/h6-13,23H,4-5,14-16H2,1-3H3,(H,22,25). The summed E-state index contributed by atoms with van der Waals surface area (Å²) in [6, 6.07) is 15.1. The number of hydrogen-bond acceptors (Lipinski definition) is 4. The van der Waals surface area contributed by atoms with Gasteiger partial charge in [-0.1, -0.05) is 56.3 Å². The highest BCUT2D eigenvalue weighted by molar-refractivity contribution is 7.92. The Morgan fingerprint density at radius 1 is 1.00 bits per heavy atom. The van der Waals surface area contributed by atoms with Crippen LogP contribution in [-0.4, -0.2) is 38.6 Å². The van der Waals surface area contributed by atoms with Crippen LogP contribution in [0, 0.1) is 0 Å². The van der Waals surface area contributed by atoms with Crippen LogP contribution in [0.4, 0.5) is 5.69 Å². The lowest BCUT2D eigenvalue weighted by atomic mass is 10.1. The van der Waals surface area contributed by atoms with Crippen LogP contribution in [0.25, 0.3) is 0 Å². The first-order chi connectivity index (χ1) is 13.3. The molecule has 2 rings (SSSR count). The number of carbonyl (C=O) groups is 1. The van der Waals surface area contributed by atoms with Crippen molar-refractivity contribution < 1.29 is 13.2 Å². The number of para-hydroxylation sites is 1. The van der Waals surface area contributed by atoms with Crippen LogP contribution in [0.15, 0.2) is 48.5 Å². The second-order valence-electron chi connectivity index (χ2n) is 6.77. The van der Waals surface area contributed by atoms with Crippen molar-refractivity contribution in [1.29, 1.82) is 0 Å². The summed E-state index contributed by atoms with van der Waals surface area (Å²) in [5.41, 5.74) is 3.33. The van der Waals surface area contributed by atoms with Gasteiger partial charge in [-0.25, -0.2) is 8.42 Å². The van der Waals surface area contributed by atoms with E-state index in [-0.39, 0.29) is 12.3 Å². The van der Waals surface area contributed by atoms with Crippen molar-refractivity contribution in [3.63, 3.8) is 0 Å². The molecule has 0 saturated heterocycles. The molecule has 0 radical (unpaired) electrons. The largest absolute Gasteiger partial charge is 0.352 e. The zero-order valence-corrected chi connectivity index (χ0v) is 17.6. The molecule has 0 heterocycles. The maximum atomic E-state index is 12.4. The first kappa shape index (κ1) is 21.9. The summed E-state index contributed by atoms with van der Waals surface area (Å²) in [6.07, 6.45) is 1.20. The molecule has 0 spiro atoms. The second-order valence-corrected chi connectivity index (χ2v) is 8.51. The average Bonchev–Trinajstić information content (AvgIpc) is 2.65. The summed E-state index contributed by atoms with van der Waals surface area (Å²) in [7, 11) is -3.40. The van der Waals surface area contributed by atoms with Crippen LogP contribution in [0.3, 0.4) is 0 Å². The molecular weight excluding hydrogens is 374 g/mol. The quantitative estimate of drug-likeness (QED) is 0.639. The van der Waals surface area contributed by atoms with Gasteiger partial charge in [0.25, 0.3) is 0 Å². The minimum absolute atomic E-state index is 0.109. The topological polar surface area (TPSA) is 78.5 Å².